The number of hydrogen-bond donors (Lipinski definition) is 1. The summed E-state index contributed by atoms with van der Waals surface area (Å²) in [6, 6.07) is 5.24. The van der Waals surface area contributed by atoms with Gasteiger partial charge in [0.2, 0.25) is 5.82 Å². The summed E-state index contributed by atoms with van der Waals surface area (Å²) in [7, 11) is 0. The minimum absolute atomic E-state index is 0.0664. The second-order valence-corrected chi connectivity index (χ2v) is 6.03. The number of piperazine rings is 1. The largest absolute Gasteiger partial charge is 0.352 e. The number of anilines is 2. The van der Waals surface area contributed by atoms with E-state index in [-0.39, 0.29) is 10.6 Å². The summed E-state index contributed by atoms with van der Waals surface area (Å²) in [6.45, 7) is 2.96. The van der Waals surface area contributed by atoms with E-state index in [0.717, 1.165) is 18.9 Å². The molecule has 1 aliphatic heterocycles. The van der Waals surface area contributed by atoms with Crippen molar-refractivity contribution in [1.82, 2.24) is 15.2 Å². The van der Waals surface area contributed by atoms with Crippen LogP contribution in [0, 0.1) is 10.1 Å². The highest BCUT2D eigenvalue weighted by Crippen LogP contribution is 2.40. The van der Waals surface area contributed by atoms with E-state index in [1.165, 1.54) is 24.6 Å². The lowest BCUT2D eigenvalue weighted by Gasteiger charge is -2.35. The van der Waals surface area contributed by atoms with Crippen LogP contribution in [-0.2, 0) is 0 Å². The van der Waals surface area contributed by atoms with Gasteiger partial charge < -0.3 is 9.80 Å². The van der Waals surface area contributed by atoms with Crippen molar-refractivity contribution < 1.29 is 4.92 Å². The molecule has 4 rings (SSSR count). The Labute approximate surface area is 133 Å². The van der Waals surface area contributed by atoms with Gasteiger partial charge in [-0.05, 0) is 18.9 Å². The molecule has 1 saturated carbocycles. The summed E-state index contributed by atoms with van der Waals surface area (Å²) in [5, 5.41) is 18.7. The average Bonchev–Trinajstić information content (AvgIpc) is 3.32. The third-order valence-corrected chi connectivity index (χ3v) is 4.47. The highest BCUT2D eigenvalue weighted by Gasteiger charge is 2.28. The molecule has 1 N–H and O–H groups in total. The van der Waals surface area contributed by atoms with Crippen LogP contribution in [0.4, 0.5) is 17.3 Å². The van der Waals surface area contributed by atoms with Crippen molar-refractivity contribution in [1.29, 1.82) is 0 Å². The lowest BCUT2D eigenvalue weighted by atomic mass is 10.2. The maximum Gasteiger partial charge on any atom is 0.311 e. The second kappa shape index (κ2) is 5.53. The molecule has 8 heteroatoms. The summed E-state index contributed by atoms with van der Waals surface area (Å²) >= 11 is 0. The Morgan fingerprint density at radius 2 is 1.96 bits per heavy atom. The van der Waals surface area contributed by atoms with E-state index < -0.39 is 0 Å². The molecule has 23 heavy (non-hydrogen) atoms. The SMILES string of the molecule is O=[N+]([O-])c1cccnc1N1CCN(c2cc(C3CC3)[nH]n2)CC1. The standard InChI is InChI=1S/C15H18N6O2/c22-21(23)13-2-1-5-16-15(13)20-8-6-19(7-9-20)14-10-12(17-18-14)11-3-4-11/h1-2,5,10-11H,3-4,6-9H2,(H,17,18). The number of pyridine rings is 1. The fraction of sp³-hybridized carbons (Fsp3) is 0.467. The van der Waals surface area contributed by atoms with E-state index in [4.69, 9.17) is 0 Å². The van der Waals surface area contributed by atoms with Crippen LogP contribution >= 0.6 is 0 Å². The fourth-order valence-electron chi connectivity index (χ4n) is 3.01. The zero-order chi connectivity index (χ0) is 15.8. The zero-order valence-electron chi connectivity index (χ0n) is 12.7. The Morgan fingerprint density at radius 1 is 1.22 bits per heavy atom. The summed E-state index contributed by atoms with van der Waals surface area (Å²) < 4.78 is 0. The van der Waals surface area contributed by atoms with Crippen molar-refractivity contribution in [2.24, 2.45) is 0 Å². The van der Waals surface area contributed by atoms with Gasteiger partial charge in [0.1, 0.15) is 0 Å². The number of H-pyrrole nitrogens is 1. The topological polar surface area (TPSA) is 91.2 Å². The molecule has 0 spiro atoms. The second-order valence-electron chi connectivity index (χ2n) is 6.03. The highest BCUT2D eigenvalue weighted by molar-refractivity contribution is 5.58. The van der Waals surface area contributed by atoms with Crippen molar-refractivity contribution in [3.8, 4) is 0 Å². The third kappa shape index (κ3) is 2.71. The van der Waals surface area contributed by atoms with Crippen molar-refractivity contribution in [3.05, 3.63) is 40.2 Å². The first-order chi connectivity index (χ1) is 11.2. The number of hydrogen-bond acceptors (Lipinski definition) is 6. The van der Waals surface area contributed by atoms with Crippen LogP contribution in [0.15, 0.2) is 24.4 Å². The normalized spacial score (nSPS) is 18.3. The molecule has 2 aromatic rings. The minimum atomic E-state index is -0.371. The first-order valence-corrected chi connectivity index (χ1v) is 7.87. The Bertz CT molecular complexity index is 718. The number of nitrogens with one attached hydrogen (secondary N) is 1. The average molecular weight is 314 g/mol. The molecular formula is C15H18N6O2. The predicted molar refractivity (Wildman–Crippen MR) is 85.9 cm³/mol. The molecule has 0 aromatic carbocycles. The predicted octanol–water partition coefficient (Wildman–Crippen LogP) is 1.92. The fourth-order valence-corrected chi connectivity index (χ4v) is 3.01. The maximum atomic E-state index is 11.1. The van der Waals surface area contributed by atoms with E-state index in [1.54, 1.807) is 12.3 Å². The first-order valence-electron chi connectivity index (χ1n) is 7.87. The lowest BCUT2D eigenvalue weighted by Crippen LogP contribution is -2.47. The molecule has 2 aromatic heterocycles. The number of rotatable bonds is 4. The summed E-state index contributed by atoms with van der Waals surface area (Å²) in [5.41, 5.74) is 1.29. The molecule has 0 bridgehead atoms. The maximum absolute atomic E-state index is 11.1. The van der Waals surface area contributed by atoms with Gasteiger partial charge in [0.05, 0.1) is 4.92 Å². The molecule has 1 saturated heterocycles. The summed E-state index contributed by atoms with van der Waals surface area (Å²) in [4.78, 5) is 19.2. The Balaban J connectivity index is 1.45. The molecule has 0 radical (unpaired) electrons. The quantitative estimate of drug-likeness (QED) is 0.685. The monoisotopic (exact) mass is 314 g/mol. The third-order valence-electron chi connectivity index (χ3n) is 4.47. The van der Waals surface area contributed by atoms with Gasteiger partial charge in [-0.1, -0.05) is 0 Å². The number of aromatic nitrogens is 3. The number of nitro groups is 1. The summed E-state index contributed by atoms with van der Waals surface area (Å²) in [5.74, 6) is 2.09. The van der Waals surface area contributed by atoms with Gasteiger partial charge in [0, 0.05) is 56.1 Å². The van der Waals surface area contributed by atoms with Crippen LogP contribution in [0.1, 0.15) is 24.5 Å². The molecule has 1 aliphatic carbocycles. The molecular weight excluding hydrogens is 296 g/mol. The Kier molecular flexibility index (Phi) is 3.36. The van der Waals surface area contributed by atoms with Gasteiger partial charge in [-0.15, -0.1) is 0 Å². The van der Waals surface area contributed by atoms with Crippen molar-refractivity contribution in [2.45, 2.75) is 18.8 Å². The highest BCUT2D eigenvalue weighted by atomic mass is 16.6. The minimum Gasteiger partial charge on any atom is -0.352 e. The molecule has 0 unspecified atom stereocenters. The molecule has 2 fully saturated rings. The van der Waals surface area contributed by atoms with Crippen molar-refractivity contribution in [3.63, 3.8) is 0 Å². The Hall–Kier alpha value is -2.64. The first kappa shape index (κ1) is 14.0. The molecule has 8 nitrogen and oxygen atoms in total. The molecule has 3 heterocycles. The molecule has 0 atom stereocenters. The number of nitrogens with zero attached hydrogens (tertiary/aromatic N) is 5. The van der Waals surface area contributed by atoms with E-state index in [0.29, 0.717) is 24.8 Å². The van der Waals surface area contributed by atoms with Gasteiger partial charge in [-0.2, -0.15) is 5.10 Å². The molecule has 0 amide bonds. The van der Waals surface area contributed by atoms with E-state index in [1.807, 2.05) is 4.90 Å². The number of aromatic amines is 1. The van der Waals surface area contributed by atoms with Crippen LogP contribution in [0.2, 0.25) is 0 Å². The van der Waals surface area contributed by atoms with Gasteiger partial charge >= 0.3 is 5.69 Å². The van der Waals surface area contributed by atoms with E-state index in [9.17, 15) is 10.1 Å². The molecule has 2 aliphatic rings. The van der Waals surface area contributed by atoms with Gasteiger partial charge in [0.15, 0.2) is 5.82 Å². The molecule has 120 valence electrons. The van der Waals surface area contributed by atoms with Gasteiger partial charge in [-0.25, -0.2) is 4.98 Å². The zero-order valence-corrected chi connectivity index (χ0v) is 12.7. The van der Waals surface area contributed by atoms with E-state index in [2.05, 4.69) is 26.1 Å². The van der Waals surface area contributed by atoms with Crippen molar-refractivity contribution in [2.75, 3.05) is 36.0 Å². The van der Waals surface area contributed by atoms with Crippen LogP contribution in [-0.4, -0.2) is 46.3 Å². The van der Waals surface area contributed by atoms with Crippen LogP contribution in [0.5, 0.6) is 0 Å². The lowest BCUT2D eigenvalue weighted by molar-refractivity contribution is -0.384. The van der Waals surface area contributed by atoms with Crippen molar-refractivity contribution >= 4 is 17.3 Å². The van der Waals surface area contributed by atoms with Crippen LogP contribution < -0.4 is 9.80 Å². The summed E-state index contributed by atoms with van der Waals surface area (Å²) in [6.07, 6.45) is 4.10. The van der Waals surface area contributed by atoms with E-state index >= 15 is 0 Å². The van der Waals surface area contributed by atoms with Gasteiger partial charge in [-0.3, -0.25) is 15.2 Å². The van der Waals surface area contributed by atoms with Crippen LogP contribution in [0.25, 0.3) is 0 Å². The smallest absolute Gasteiger partial charge is 0.311 e. The van der Waals surface area contributed by atoms with Crippen LogP contribution in [0.3, 0.4) is 0 Å². The Morgan fingerprint density at radius 3 is 2.65 bits per heavy atom. The van der Waals surface area contributed by atoms with Gasteiger partial charge in [0.25, 0.3) is 0 Å².